The molecule has 2 aromatic heterocycles. The highest BCUT2D eigenvalue weighted by molar-refractivity contribution is 7.99. The smallest absolute Gasteiger partial charge is 0.412 e. The minimum absolute atomic E-state index is 0.184. The summed E-state index contributed by atoms with van der Waals surface area (Å²) < 4.78 is 18.9. The van der Waals surface area contributed by atoms with Crippen LogP contribution in [0.1, 0.15) is 11.6 Å². The molecule has 4 atom stereocenters. The highest BCUT2D eigenvalue weighted by Crippen LogP contribution is 2.37. The van der Waals surface area contributed by atoms with Crippen molar-refractivity contribution >= 4 is 23.5 Å². The van der Waals surface area contributed by atoms with Crippen molar-refractivity contribution in [2.45, 2.75) is 34.7 Å². The number of aromatic nitrogens is 6. The molecule has 0 saturated carbocycles. The quantitative estimate of drug-likeness (QED) is 0.560. The summed E-state index contributed by atoms with van der Waals surface area (Å²) in [7, 11) is 0. The number of carbonyl (C=O) groups excluding carboxylic acids is 1. The van der Waals surface area contributed by atoms with Crippen LogP contribution in [0.4, 0.5) is 10.5 Å². The number of amides is 1. The van der Waals surface area contributed by atoms with E-state index in [0.717, 1.165) is 0 Å². The summed E-state index contributed by atoms with van der Waals surface area (Å²) in [5, 5.41) is 24.5. The number of tetrazole rings is 1. The molecule has 5 rings (SSSR count). The van der Waals surface area contributed by atoms with Gasteiger partial charge >= 0.3 is 6.09 Å². The van der Waals surface area contributed by atoms with Gasteiger partial charge in [0.05, 0.1) is 24.8 Å². The van der Waals surface area contributed by atoms with Crippen LogP contribution < -0.4 is 5.32 Å². The normalized spacial score (nSPS) is 24.0. The molecule has 1 amide bonds. The SMILES string of the molecule is N#Cc1cccc(NC(=O)O[C@@H]2CO[C@H]3[C@@H]2OC[C@@H]3n2nnnc2Sc2ncccn2)c1. The zero-order valence-corrected chi connectivity index (χ0v) is 17.3. The van der Waals surface area contributed by atoms with Crippen LogP contribution in [0.2, 0.25) is 0 Å². The van der Waals surface area contributed by atoms with E-state index < -0.39 is 18.3 Å². The Bertz CT molecular complexity index is 1150. The third-order valence-electron chi connectivity index (χ3n) is 4.98. The summed E-state index contributed by atoms with van der Waals surface area (Å²) in [4.78, 5) is 20.7. The van der Waals surface area contributed by atoms with Crippen LogP contribution in [0.5, 0.6) is 0 Å². The predicted molar refractivity (Wildman–Crippen MR) is 108 cm³/mol. The van der Waals surface area contributed by atoms with E-state index in [1.54, 1.807) is 47.4 Å². The van der Waals surface area contributed by atoms with Crippen molar-refractivity contribution in [3.8, 4) is 6.07 Å². The Labute approximate surface area is 185 Å². The van der Waals surface area contributed by atoms with Crippen molar-refractivity contribution < 1.29 is 19.0 Å². The summed E-state index contributed by atoms with van der Waals surface area (Å²) in [5.41, 5.74) is 0.901. The zero-order chi connectivity index (χ0) is 21.9. The highest BCUT2D eigenvalue weighted by atomic mass is 32.2. The summed E-state index contributed by atoms with van der Waals surface area (Å²) in [6, 6.07) is 10.0. The number of rotatable bonds is 5. The Hall–Kier alpha value is -3.60. The molecule has 3 aromatic rings. The number of fused-ring (bicyclic) bond motifs is 1. The fourth-order valence-corrected chi connectivity index (χ4v) is 4.32. The van der Waals surface area contributed by atoms with Crippen LogP contribution >= 0.6 is 11.8 Å². The molecule has 0 aliphatic carbocycles. The number of benzene rings is 1. The molecule has 0 spiro atoms. The van der Waals surface area contributed by atoms with Crippen LogP contribution in [0.25, 0.3) is 0 Å². The van der Waals surface area contributed by atoms with E-state index in [0.29, 0.717) is 28.2 Å². The van der Waals surface area contributed by atoms with Gasteiger partial charge in [-0.3, -0.25) is 5.32 Å². The van der Waals surface area contributed by atoms with Crippen LogP contribution in [0, 0.1) is 11.3 Å². The standard InChI is InChI=1S/C19H16N8O4S/c20-8-11-3-1-4-12(7-11)23-19(28)31-14-10-30-15-13(9-29-16(14)15)27-18(24-25-26-27)32-17-21-5-2-6-22-17/h1-7,13-16H,9-10H2,(H,23,28)/t13-,14+,15+,16+/m0/s1. The number of carbonyl (C=O) groups is 1. The van der Waals surface area contributed by atoms with E-state index in [4.69, 9.17) is 19.5 Å². The maximum atomic E-state index is 12.3. The van der Waals surface area contributed by atoms with E-state index in [1.807, 2.05) is 6.07 Å². The minimum atomic E-state index is -0.652. The average Bonchev–Trinajstić information content (AvgIpc) is 3.52. The second-order valence-corrected chi connectivity index (χ2v) is 7.90. The van der Waals surface area contributed by atoms with Crippen molar-refractivity contribution in [2.75, 3.05) is 18.5 Å². The molecule has 1 aromatic carbocycles. The van der Waals surface area contributed by atoms with Crippen molar-refractivity contribution in [1.29, 1.82) is 5.26 Å². The van der Waals surface area contributed by atoms with Gasteiger partial charge in [-0.05, 0) is 46.5 Å². The third kappa shape index (κ3) is 4.11. The molecule has 162 valence electrons. The summed E-state index contributed by atoms with van der Waals surface area (Å²) in [5.74, 6) is 0. The van der Waals surface area contributed by atoms with Gasteiger partial charge in [0, 0.05) is 18.1 Å². The monoisotopic (exact) mass is 452 g/mol. The van der Waals surface area contributed by atoms with E-state index >= 15 is 0 Å². The molecule has 1 N–H and O–H groups in total. The maximum absolute atomic E-state index is 12.3. The van der Waals surface area contributed by atoms with Gasteiger partial charge in [0.1, 0.15) is 18.2 Å². The van der Waals surface area contributed by atoms with Gasteiger partial charge in [-0.15, -0.1) is 5.10 Å². The Morgan fingerprint density at radius 1 is 1.22 bits per heavy atom. The maximum Gasteiger partial charge on any atom is 0.412 e. The Morgan fingerprint density at radius 2 is 2.06 bits per heavy atom. The van der Waals surface area contributed by atoms with E-state index in [9.17, 15) is 4.79 Å². The van der Waals surface area contributed by atoms with E-state index in [-0.39, 0.29) is 18.8 Å². The molecular weight excluding hydrogens is 436 g/mol. The number of nitrogens with zero attached hydrogens (tertiary/aromatic N) is 7. The molecule has 0 bridgehead atoms. The third-order valence-corrected chi connectivity index (χ3v) is 5.82. The fourth-order valence-electron chi connectivity index (χ4n) is 3.59. The van der Waals surface area contributed by atoms with E-state index in [1.165, 1.54) is 11.8 Å². The topological polar surface area (TPSA) is 150 Å². The predicted octanol–water partition coefficient (Wildman–Crippen LogP) is 1.44. The van der Waals surface area contributed by atoms with Gasteiger partial charge < -0.3 is 14.2 Å². The van der Waals surface area contributed by atoms with Gasteiger partial charge in [0.25, 0.3) is 0 Å². The molecule has 0 radical (unpaired) electrons. The van der Waals surface area contributed by atoms with Gasteiger partial charge in [0.15, 0.2) is 11.3 Å². The fraction of sp³-hybridized carbons (Fsp3) is 0.316. The first-order valence-corrected chi connectivity index (χ1v) is 10.5. The number of nitrogens with one attached hydrogen (secondary N) is 1. The first-order chi connectivity index (χ1) is 15.7. The molecule has 2 fully saturated rings. The lowest BCUT2D eigenvalue weighted by Crippen LogP contribution is -2.35. The molecule has 2 aliphatic heterocycles. The lowest BCUT2D eigenvalue weighted by Gasteiger charge is -2.17. The molecule has 13 heteroatoms. The van der Waals surface area contributed by atoms with Crippen molar-refractivity contribution in [3.05, 3.63) is 48.3 Å². The van der Waals surface area contributed by atoms with Gasteiger partial charge in [-0.25, -0.2) is 19.4 Å². The Kier molecular flexibility index (Phi) is 5.63. The van der Waals surface area contributed by atoms with Gasteiger partial charge in [-0.2, -0.15) is 5.26 Å². The van der Waals surface area contributed by atoms with Crippen LogP contribution in [-0.2, 0) is 14.2 Å². The summed E-state index contributed by atoms with van der Waals surface area (Å²) in [6.07, 6.45) is 1.21. The second kappa shape index (κ2) is 8.87. The van der Waals surface area contributed by atoms with Gasteiger partial charge in [0.2, 0.25) is 5.16 Å². The first-order valence-electron chi connectivity index (χ1n) is 9.65. The molecule has 2 saturated heterocycles. The lowest BCUT2D eigenvalue weighted by atomic mass is 10.1. The molecule has 2 aliphatic rings. The largest absolute Gasteiger partial charge is 0.441 e. The van der Waals surface area contributed by atoms with Crippen LogP contribution in [0.3, 0.4) is 0 Å². The number of hydrogen-bond acceptors (Lipinski definition) is 11. The number of anilines is 1. The van der Waals surface area contributed by atoms with Crippen LogP contribution in [-0.4, -0.2) is 67.8 Å². The number of nitriles is 1. The Morgan fingerprint density at radius 3 is 2.91 bits per heavy atom. The minimum Gasteiger partial charge on any atom is -0.441 e. The Balaban J connectivity index is 1.23. The van der Waals surface area contributed by atoms with Crippen LogP contribution in [0.15, 0.2) is 53.0 Å². The first kappa shape index (κ1) is 20.3. The zero-order valence-electron chi connectivity index (χ0n) is 16.4. The highest BCUT2D eigenvalue weighted by Gasteiger charge is 2.51. The number of hydrogen-bond donors (Lipinski definition) is 1. The van der Waals surface area contributed by atoms with Crippen molar-refractivity contribution in [1.82, 2.24) is 30.2 Å². The van der Waals surface area contributed by atoms with Crippen molar-refractivity contribution in [2.24, 2.45) is 0 Å². The summed E-state index contributed by atoms with van der Waals surface area (Å²) >= 11 is 1.23. The van der Waals surface area contributed by atoms with Gasteiger partial charge in [-0.1, -0.05) is 6.07 Å². The molecule has 4 heterocycles. The van der Waals surface area contributed by atoms with Crippen molar-refractivity contribution in [3.63, 3.8) is 0 Å². The molecule has 12 nitrogen and oxygen atoms in total. The molecule has 32 heavy (non-hydrogen) atoms. The average molecular weight is 452 g/mol. The number of ether oxygens (including phenoxy) is 3. The molecular formula is C19H16N8O4S. The second-order valence-electron chi connectivity index (χ2n) is 6.96. The van der Waals surface area contributed by atoms with E-state index in [2.05, 4.69) is 30.8 Å². The summed E-state index contributed by atoms with van der Waals surface area (Å²) in [6.45, 7) is 0.485. The lowest BCUT2D eigenvalue weighted by molar-refractivity contribution is 0.00751. The molecule has 0 unspecified atom stereocenters.